The molecular formula is C14H19N5O3S2. The molecule has 1 atom stereocenters. The number of aromatic nitrogens is 4. The molecule has 8 nitrogen and oxygen atoms in total. The predicted octanol–water partition coefficient (Wildman–Crippen LogP) is 0.643. The van der Waals surface area contributed by atoms with Crippen molar-refractivity contribution in [3.05, 3.63) is 18.0 Å². The van der Waals surface area contributed by atoms with E-state index in [9.17, 15) is 13.2 Å². The highest BCUT2D eigenvalue weighted by Crippen LogP contribution is 2.18. The van der Waals surface area contributed by atoms with Crippen LogP contribution in [0, 0.1) is 0 Å². The van der Waals surface area contributed by atoms with Gasteiger partial charge in [0.2, 0.25) is 5.91 Å². The van der Waals surface area contributed by atoms with E-state index in [2.05, 4.69) is 20.6 Å². The van der Waals surface area contributed by atoms with Gasteiger partial charge in [-0.25, -0.2) is 8.42 Å². The summed E-state index contributed by atoms with van der Waals surface area (Å²) in [5.41, 5.74) is 0.670. The molecule has 1 N–H and O–H groups in total. The summed E-state index contributed by atoms with van der Waals surface area (Å²) in [4.78, 5) is 12.0. The molecule has 1 unspecified atom stereocenters. The molecule has 1 saturated heterocycles. The Hall–Kier alpha value is -1.68. The third kappa shape index (κ3) is 3.86. The van der Waals surface area contributed by atoms with Gasteiger partial charge in [0.05, 0.1) is 17.3 Å². The van der Waals surface area contributed by atoms with Gasteiger partial charge in [-0.3, -0.25) is 4.79 Å². The fourth-order valence-electron chi connectivity index (χ4n) is 2.54. The molecule has 130 valence electrons. The highest BCUT2D eigenvalue weighted by atomic mass is 32.2. The molecule has 3 rings (SSSR count). The molecule has 2 aromatic heterocycles. The highest BCUT2D eigenvalue weighted by molar-refractivity contribution is 7.99. The number of thioether (sulfide) groups is 1. The maximum Gasteiger partial charge on any atom is 0.230 e. The number of amides is 1. The standard InChI is InChI=1S/C14H19N5O3S2/c1-9(2)14-17-16-11-3-4-13(18-19(11)14)23-7-12(20)15-10-5-6-24(21,22)8-10/h3-4,9-10H,5-8H2,1-2H3,(H,15,20). The molecule has 0 aromatic carbocycles. The Balaban J connectivity index is 1.61. The van der Waals surface area contributed by atoms with Gasteiger partial charge in [-0.2, -0.15) is 9.61 Å². The van der Waals surface area contributed by atoms with Crippen LogP contribution in [0.2, 0.25) is 0 Å². The van der Waals surface area contributed by atoms with Crippen LogP contribution in [0.15, 0.2) is 17.2 Å². The Labute approximate surface area is 144 Å². The van der Waals surface area contributed by atoms with E-state index in [1.807, 2.05) is 19.9 Å². The molecule has 3 heterocycles. The summed E-state index contributed by atoms with van der Waals surface area (Å²) in [5.74, 6) is 1.15. The van der Waals surface area contributed by atoms with E-state index >= 15 is 0 Å². The SMILES string of the molecule is CC(C)c1nnc2ccc(SCC(=O)NC3CCS(=O)(=O)C3)nn12. The summed E-state index contributed by atoms with van der Waals surface area (Å²) in [6, 6.07) is 3.34. The fraction of sp³-hybridized carbons (Fsp3) is 0.571. The zero-order chi connectivity index (χ0) is 17.3. The van der Waals surface area contributed by atoms with Crippen molar-refractivity contribution in [1.82, 2.24) is 25.1 Å². The molecule has 2 aromatic rings. The number of rotatable bonds is 5. The van der Waals surface area contributed by atoms with Crippen molar-refractivity contribution in [2.75, 3.05) is 17.3 Å². The first-order chi connectivity index (χ1) is 11.3. The second-order valence-corrected chi connectivity index (χ2v) is 9.33. The van der Waals surface area contributed by atoms with E-state index in [1.165, 1.54) is 11.8 Å². The van der Waals surface area contributed by atoms with Crippen molar-refractivity contribution in [1.29, 1.82) is 0 Å². The molecule has 1 aliphatic rings. The summed E-state index contributed by atoms with van der Waals surface area (Å²) < 4.78 is 24.5. The predicted molar refractivity (Wildman–Crippen MR) is 90.8 cm³/mol. The molecule has 10 heteroatoms. The van der Waals surface area contributed by atoms with Crippen LogP contribution in [0.4, 0.5) is 0 Å². The summed E-state index contributed by atoms with van der Waals surface area (Å²) in [6.45, 7) is 4.03. The van der Waals surface area contributed by atoms with Crippen molar-refractivity contribution in [3.63, 3.8) is 0 Å². The van der Waals surface area contributed by atoms with E-state index in [-0.39, 0.29) is 35.1 Å². The number of fused-ring (bicyclic) bond motifs is 1. The number of hydrogen-bond donors (Lipinski definition) is 1. The van der Waals surface area contributed by atoms with Gasteiger partial charge in [0.15, 0.2) is 21.3 Å². The lowest BCUT2D eigenvalue weighted by molar-refractivity contribution is -0.119. The molecule has 24 heavy (non-hydrogen) atoms. The van der Waals surface area contributed by atoms with Crippen molar-refractivity contribution in [3.8, 4) is 0 Å². The monoisotopic (exact) mass is 369 g/mol. The maximum absolute atomic E-state index is 12.0. The van der Waals surface area contributed by atoms with E-state index < -0.39 is 9.84 Å². The van der Waals surface area contributed by atoms with Crippen LogP contribution in [-0.2, 0) is 14.6 Å². The highest BCUT2D eigenvalue weighted by Gasteiger charge is 2.28. The second kappa shape index (κ2) is 6.67. The summed E-state index contributed by atoms with van der Waals surface area (Å²) >= 11 is 1.30. The van der Waals surface area contributed by atoms with Crippen molar-refractivity contribution >= 4 is 33.2 Å². The number of carbonyl (C=O) groups excluding carboxylic acids is 1. The first-order valence-electron chi connectivity index (χ1n) is 7.69. The quantitative estimate of drug-likeness (QED) is 0.771. The molecule has 1 aliphatic heterocycles. The number of hydrogen-bond acceptors (Lipinski definition) is 7. The minimum absolute atomic E-state index is 0.0338. The van der Waals surface area contributed by atoms with E-state index in [1.54, 1.807) is 10.6 Å². The van der Waals surface area contributed by atoms with Gasteiger partial charge in [-0.15, -0.1) is 10.2 Å². The summed E-state index contributed by atoms with van der Waals surface area (Å²) in [7, 11) is -2.99. The van der Waals surface area contributed by atoms with Crippen LogP contribution in [0.25, 0.3) is 5.65 Å². The Morgan fingerprint density at radius 1 is 1.42 bits per heavy atom. The van der Waals surface area contributed by atoms with Crippen LogP contribution in [-0.4, -0.2) is 57.4 Å². The largest absolute Gasteiger partial charge is 0.352 e. The average Bonchev–Trinajstić information content (AvgIpc) is 3.07. The molecule has 0 radical (unpaired) electrons. The first-order valence-corrected chi connectivity index (χ1v) is 10.5. The molecule has 0 bridgehead atoms. The van der Waals surface area contributed by atoms with Crippen LogP contribution in [0.1, 0.15) is 32.0 Å². The molecule has 1 fully saturated rings. The number of carbonyl (C=O) groups is 1. The Morgan fingerprint density at radius 3 is 2.88 bits per heavy atom. The first kappa shape index (κ1) is 17.2. The Bertz CT molecular complexity index is 862. The van der Waals surface area contributed by atoms with Gasteiger partial charge < -0.3 is 5.32 Å². The van der Waals surface area contributed by atoms with Crippen LogP contribution in [0.5, 0.6) is 0 Å². The average molecular weight is 369 g/mol. The van der Waals surface area contributed by atoms with E-state index in [0.29, 0.717) is 17.1 Å². The van der Waals surface area contributed by atoms with Gasteiger partial charge in [-0.05, 0) is 18.6 Å². The smallest absolute Gasteiger partial charge is 0.230 e. The van der Waals surface area contributed by atoms with Gasteiger partial charge in [0.1, 0.15) is 5.03 Å². The van der Waals surface area contributed by atoms with Crippen molar-refractivity contribution in [2.24, 2.45) is 0 Å². The number of nitrogens with zero attached hydrogens (tertiary/aromatic N) is 4. The normalized spacial score (nSPS) is 19.9. The van der Waals surface area contributed by atoms with Gasteiger partial charge in [0.25, 0.3) is 0 Å². The second-order valence-electron chi connectivity index (χ2n) is 6.11. The van der Waals surface area contributed by atoms with Gasteiger partial charge >= 0.3 is 0 Å². The summed E-state index contributed by atoms with van der Waals surface area (Å²) in [6.07, 6.45) is 0.488. The van der Waals surface area contributed by atoms with Crippen molar-refractivity contribution in [2.45, 2.75) is 37.3 Å². The summed E-state index contributed by atoms with van der Waals surface area (Å²) in [5, 5.41) is 16.1. The molecule has 0 aliphatic carbocycles. The van der Waals surface area contributed by atoms with E-state index in [0.717, 1.165) is 5.82 Å². The van der Waals surface area contributed by atoms with Crippen LogP contribution >= 0.6 is 11.8 Å². The van der Waals surface area contributed by atoms with Crippen molar-refractivity contribution < 1.29 is 13.2 Å². The zero-order valence-corrected chi connectivity index (χ0v) is 15.1. The lowest BCUT2D eigenvalue weighted by Crippen LogP contribution is -2.36. The molecular weight excluding hydrogens is 350 g/mol. The minimum atomic E-state index is -2.99. The maximum atomic E-state index is 12.0. The van der Waals surface area contributed by atoms with Gasteiger partial charge in [-0.1, -0.05) is 25.6 Å². The number of nitrogens with one attached hydrogen (secondary N) is 1. The lowest BCUT2D eigenvalue weighted by Gasteiger charge is -2.10. The van der Waals surface area contributed by atoms with Gasteiger partial charge in [0, 0.05) is 12.0 Å². The van der Waals surface area contributed by atoms with Crippen LogP contribution in [0.3, 0.4) is 0 Å². The fourth-order valence-corrected chi connectivity index (χ4v) is 4.88. The molecule has 0 saturated carbocycles. The Morgan fingerprint density at radius 2 is 2.21 bits per heavy atom. The molecule has 1 amide bonds. The third-order valence-electron chi connectivity index (χ3n) is 3.73. The zero-order valence-electron chi connectivity index (χ0n) is 13.5. The van der Waals surface area contributed by atoms with Crippen LogP contribution < -0.4 is 5.32 Å². The third-order valence-corrected chi connectivity index (χ3v) is 6.42. The molecule has 0 spiro atoms. The lowest BCUT2D eigenvalue weighted by atomic mass is 10.2. The Kier molecular flexibility index (Phi) is 4.77. The van der Waals surface area contributed by atoms with E-state index in [4.69, 9.17) is 0 Å². The topological polar surface area (TPSA) is 106 Å². The number of sulfone groups is 1. The minimum Gasteiger partial charge on any atom is -0.352 e.